The maximum Gasteiger partial charge on any atom is 0.247 e. The van der Waals surface area contributed by atoms with Crippen LogP contribution < -0.4 is 5.32 Å². The van der Waals surface area contributed by atoms with Crippen molar-refractivity contribution in [2.24, 2.45) is 0 Å². The maximum absolute atomic E-state index is 12.2. The van der Waals surface area contributed by atoms with E-state index >= 15 is 0 Å². The second kappa shape index (κ2) is 6.09. The van der Waals surface area contributed by atoms with Gasteiger partial charge in [0.25, 0.3) is 0 Å². The molecule has 1 aliphatic heterocycles. The van der Waals surface area contributed by atoms with Crippen LogP contribution in [0.15, 0.2) is 12.4 Å². The van der Waals surface area contributed by atoms with Crippen LogP contribution in [-0.4, -0.2) is 38.8 Å². The van der Waals surface area contributed by atoms with E-state index in [1.54, 1.807) is 12.4 Å². The molecule has 2 amide bonds. The van der Waals surface area contributed by atoms with Crippen molar-refractivity contribution in [1.82, 2.24) is 20.2 Å². The highest BCUT2D eigenvalue weighted by Gasteiger charge is 2.40. The molecule has 20 heavy (non-hydrogen) atoms. The molecule has 1 fully saturated rings. The van der Waals surface area contributed by atoms with E-state index in [2.05, 4.69) is 15.3 Å². The zero-order chi connectivity index (χ0) is 14.7. The Morgan fingerprint density at radius 2 is 2.15 bits per heavy atom. The van der Waals surface area contributed by atoms with E-state index in [0.717, 1.165) is 17.8 Å². The minimum atomic E-state index is -0.445. The van der Waals surface area contributed by atoms with Crippen LogP contribution in [0.25, 0.3) is 0 Å². The average Bonchev–Trinajstić information content (AvgIpc) is 2.72. The molecule has 0 radical (unpaired) electrons. The number of rotatable bonds is 5. The molecule has 108 valence electrons. The van der Waals surface area contributed by atoms with Gasteiger partial charge in [0, 0.05) is 25.0 Å². The first-order valence-corrected chi connectivity index (χ1v) is 6.89. The summed E-state index contributed by atoms with van der Waals surface area (Å²) < 4.78 is 0. The summed E-state index contributed by atoms with van der Waals surface area (Å²) in [5, 5.41) is 3.09. The van der Waals surface area contributed by atoms with Gasteiger partial charge in [-0.2, -0.15) is 0 Å². The fourth-order valence-electron chi connectivity index (χ4n) is 2.19. The molecule has 0 saturated carbocycles. The molecule has 1 aliphatic rings. The van der Waals surface area contributed by atoms with E-state index in [9.17, 15) is 9.59 Å². The van der Waals surface area contributed by atoms with Gasteiger partial charge in [0.05, 0.1) is 23.9 Å². The summed E-state index contributed by atoms with van der Waals surface area (Å²) in [5.74, 6) is -0.235. The van der Waals surface area contributed by atoms with Crippen molar-refractivity contribution < 1.29 is 9.59 Å². The van der Waals surface area contributed by atoms with Gasteiger partial charge >= 0.3 is 0 Å². The second-order valence-corrected chi connectivity index (χ2v) is 5.15. The van der Waals surface area contributed by atoms with Crippen molar-refractivity contribution >= 4 is 11.8 Å². The van der Waals surface area contributed by atoms with Gasteiger partial charge in [0.2, 0.25) is 11.8 Å². The molecule has 1 aromatic heterocycles. The molecule has 1 aromatic rings. The van der Waals surface area contributed by atoms with Gasteiger partial charge in [-0.15, -0.1) is 0 Å². The molecule has 0 aromatic carbocycles. The summed E-state index contributed by atoms with van der Waals surface area (Å²) in [4.78, 5) is 33.8. The van der Waals surface area contributed by atoms with Crippen molar-refractivity contribution in [3.63, 3.8) is 0 Å². The smallest absolute Gasteiger partial charge is 0.247 e. The summed E-state index contributed by atoms with van der Waals surface area (Å²) in [5.41, 5.74) is 1.61. The Balaban J connectivity index is 1.96. The molecule has 2 atom stereocenters. The predicted octanol–water partition coefficient (Wildman–Crippen LogP) is 0.801. The van der Waals surface area contributed by atoms with Crippen molar-refractivity contribution in [2.45, 2.75) is 52.2 Å². The fourth-order valence-corrected chi connectivity index (χ4v) is 2.19. The number of aromatic nitrogens is 2. The molecule has 6 heteroatoms. The molecule has 2 rings (SSSR count). The lowest BCUT2D eigenvalue weighted by Gasteiger charge is -2.21. The summed E-state index contributed by atoms with van der Waals surface area (Å²) in [6.45, 7) is 6.16. The maximum atomic E-state index is 12.2. The lowest BCUT2D eigenvalue weighted by atomic mass is 10.2. The van der Waals surface area contributed by atoms with E-state index in [0.29, 0.717) is 6.54 Å². The van der Waals surface area contributed by atoms with Crippen LogP contribution in [-0.2, 0) is 16.1 Å². The second-order valence-electron chi connectivity index (χ2n) is 5.15. The first kappa shape index (κ1) is 14.6. The van der Waals surface area contributed by atoms with Crippen LogP contribution in [0, 0.1) is 6.92 Å². The Morgan fingerprint density at radius 1 is 1.40 bits per heavy atom. The Labute approximate surface area is 118 Å². The van der Waals surface area contributed by atoms with Crippen LogP contribution >= 0.6 is 0 Å². The number of carbonyl (C=O) groups is 2. The third-order valence-electron chi connectivity index (χ3n) is 3.58. The highest BCUT2D eigenvalue weighted by Crippen LogP contribution is 2.18. The Hall–Kier alpha value is -1.82. The molecule has 0 spiro atoms. The van der Waals surface area contributed by atoms with Crippen molar-refractivity contribution in [1.29, 1.82) is 0 Å². The zero-order valence-electron chi connectivity index (χ0n) is 12.1. The SMILES string of the molecule is CCC(C)N1C(=O)CC(NCc2cnc(C)cn2)C1=O. The highest BCUT2D eigenvalue weighted by atomic mass is 16.2. The number of aryl methyl sites for hydroxylation is 1. The summed E-state index contributed by atoms with van der Waals surface area (Å²) in [6.07, 6.45) is 4.36. The predicted molar refractivity (Wildman–Crippen MR) is 73.6 cm³/mol. The minimum Gasteiger partial charge on any atom is -0.300 e. The highest BCUT2D eigenvalue weighted by molar-refractivity contribution is 6.05. The van der Waals surface area contributed by atoms with Gasteiger partial charge in [-0.3, -0.25) is 29.8 Å². The Morgan fingerprint density at radius 3 is 2.75 bits per heavy atom. The van der Waals surface area contributed by atoms with Crippen LogP contribution in [0.1, 0.15) is 38.1 Å². The number of hydrogen-bond donors (Lipinski definition) is 1. The number of likely N-dealkylation sites (tertiary alicyclic amines) is 1. The largest absolute Gasteiger partial charge is 0.300 e. The van der Waals surface area contributed by atoms with Crippen molar-refractivity contribution in [2.75, 3.05) is 0 Å². The van der Waals surface area contributed by atoms with Crippen LogP contribution in [0.4, 0.5) is 0 Å². The molecule has 0 bridgehead atoms. The lowest BCUT2D eigenvalue weighted by Crippen LogP contribution is -2.42. The molecule has 1 N–H and O–H groups in total. The molecular formula is C14H20N4O2. The zero-order valence-corrected chi connectivity index (χ0v) is 12.1. The Kier molecular flexibility index (Phi) is 4.44. The third kappa shape index (κ3) is 3.01. The monoisotopic (exact) mass is 276 g/mol. The number of nitrogens with one attached hydrogen (secondary N) is 1. The lowest BCUT2D eigenvalue weighted by molar-refractivity contribution is -0.141. The van der Waals surface area contributed by atoms with Gasteiger partial charge in [0.15, 0.2) is 0 Å². The van der Waals surface area contributed by atoms with Crippen molar-refractivity contribution in [3.8, 4) is 0 Å². The molecule has 2 unspecified atom stereocenters. The topological polar surface area (TPSA) is 75.2 Å². The van der Waals surface area contributed by atoms with Gasteiger partial charge in [0.1, 0.15) is 0 Å². The van der Waals surface area contributed by atoms with Crippen LogP contribution in [0.2, 0.25) is 0 Å². The van der Waals surface area contributed by atoms with Gasteiger partial charge in [-0.05, 0) is 20.3 Å². The first-order valence-electron chi connectivity index (χ1n) is 6.89. The fraction of sp³-hybridized carbons (Fsp3) is 0.571. The standard InChI is InChI=1S/C14H20N4O2/c1-4-10(3)18-13(19)5-12(14(18)20)17-8-11-7-15-9(2)6-16-11/h6-7,10,12,17H,4-5,8H2,1-3H3. The molecule has 2 heterocycles. The van der Waals surface area contributed by atoms with Crippen LogP contribution in [0.5, 0.6) is 0 Å². The molecule has 1 saturated heterocycles. The number of carbonyl (C=O) groups excluding carboxylic acids is 2. The summed E-state index contributed by atoms with van der Waals surface area (Å²) in [6, 6.07) is -0.486. The van der Waals surface area contributed by atoms with Crippen LogP contribution in [0.3, 0.4) is 0 Å². The molecular weight excluding hydrogens is 256 g/mol. The number of nitrogens with zero attached hydrogens (tertiary/aromatic N) is 3. The molecule has 0 aliphatic carbocycles. The summed E-state index contributed by atoms with van der Waals surface area (Å²) >= 11 is 0. The normalized spacial score (nSPS) is 20.6. The average molecular weight is 276 g/mol. The Bertz CT molecular complexity index is 500. The number of imide groups is 1. The quantitative estimate of drug-likeness (QED) is 0.805. The summed E-state index contributed by atoms with van der Waals surface area (Å²) in [7, 11) is 0. The third-order valence-corrected chi connectivity index (χ3v) is 3.58. The van der Waals surface area contributed by atoms with E-state index in [4.69, 9.17) is 0 Å². The van der Waals surface area contributed by atoms with Crippen molar-refractivity contribution in [3.05, 3.63) is 23.8 Å². The van der Waals surface area contributed by atoms with Gasteiger partial charge in [-0.1, -0.05) is 6.92 Å². The number of amides is 2. The van der Waals surface area contributed by atoms with E-state index in [1.807, 2.05) is 20.8 Å². The first-order chi connectivity index (χ1) is 9.52. The molecule has 6 nitrogen and oxygen atoms in total. The van der Waals surface area contributed by atoms with E-state index in [1.165, 1.54) is 4.90 Å². The number of hydrogen-bond acceptors (Lipinski definition) is 5. The van der Waals surface area contributed by atoms with E-state index in [-0.39, 0.29) is 24.3 Å². The van der Waals surface area contributed by atoms with Gasteiger partial charge < -0.3 is 0 Å². The van der Waals surface area contributed by atoms with E-state index < -0.39 is 6.04 Å². The van der Waals surface area contributed by atoms with Gasteiger partial charge in [-0.25, -0.2) is 0 Å². The minimum absolute atomic E-state index is 0.0408.